The fourth-order valence-electron chi connectivity index (χ4n) is 12.3. The molecule has 5 aliphatic carbocycles. The number of hydrogen-bond donors (Lipinski definition) is 0. The smallest absolute Gasteiger partial charge is 0.338 e. The second-order valence-electron chi connectivity index (χ2n) is 14.4. The van der Waals surface area contributed by atoms with Crippen molar-refractivity contribution in [3.8, 4) is 0 Å². The summed E-state index contributed by atoms with van der Waals surface area (Å²) >= 11 is 0. The number of rotatable bonds is 9. The van der Waals surface area contributed by atoms with Crippen molar-refractivity contribution in [2.75, 3.05) is 41.0 Å². The first kappa shape index (κ1) is 31.1. The highest BCUT2D eigenvalue weighted by molar-refractivity contribution is 5.89. The Bertz CT molecular complexity index is 1340. The van der Waals surface area contributed by atoms with Crippen LogP contribution in [0.5, 0.6) is 0 Å². The Balaban J connectivity index is 1.49. The number of esters is 3. The van der Waals surface area contributed by atoms with E-state index in [1.807, 2.05) is 18.2 Å². The van der Waals surface area contributed by atoms with Gasteiger partial charge in [-0.05, 0) is 43.9 Å². The second-order valence-corrected chi connectivity index (χ2v) is 14.4. The van der Waals surface area contributed by atoms with Gasteiger partial charge in [0.25, 0.3) is 0 Å². The summed E-state index contributed by atoms with van der Waals surface area (Å²) in [6.07, 6.45) is 1.20. The lowest BCUT2D eigenvalue weighted by Gasteiger charge is -2.69. The van der Waals surface area contributed by atoms with Gasteiger partial charge in [-0.2, -0.15) is 0 Å². The molecule has 1 aromatic rings. The van der Waals surface area contributed by atoms with Gasteiger partial charge in [-0.3, -0.25) is 14.5 Å². The van der Waals surface area contributed by atoms with Crippen LogP contribution in [0.25, 0.3) is 0 Å². The number of ether oxygens (including phenoxy) is 6. The van der Waals surface area contributed by atoms with Gasteiger partial charge in [0.2, 0.25) is 0 Å². The van der Waals surface area contributed by atoms with E-state index in [-0.39, 0.29) is 71.2 Å². The predicted molar refractivity (Wildman–Crippen MR) is 161 cm³/mol. The Morgan fingerprint density at radius 1 is 0.956 bits per heavy atom. The molecule has 0 radical (unpaired) electrons. The van der Waals surface area contributed by atoms with Crippen LogP contribution in [-0.2, 0) is 38.0 Å². The van der Waals surface area contributed by atoms with Crippen LogP contribution < -0.4 is 0 Å². The van der Waals surface area contributed by atoms with Crippen molar-refractivity contribution in [1.29, 1.82) is 0 Å². The number of benzene rings is 1. The molecule has 10 nitrogen and oxygen atoms in total. The van der Waals surface area contributed by atoms with E-state index < -0.39 is 23.2 Å². The van der Waals surface area contributed by atoms with E-state index in [0.717, 1.165) is 19.5 Å². The van der Waals surface area contributed by atoms with E-state index in [1.165, 1.54) is 13.8 Å². The number of hydrogen-bond acceptors (Lipinski definition) is 10. The van der Waals surface area contributed by atoms with Crippen LogP contribution in [0.2, 0.25) is 0 Å². The summed E-state index contributed by atoms with van der Waals surface area (Å²) in [6, 6.07) is 9.08. The van der Waals surface area contributed by atoms with Gasteiger partial charge in [-0.25, -0.2) is 4.79 Å². The lowest BCUT2D eigenvalue weighted by molar-refractivity contribution is -0.277. The van der Waals surface area contributed by atoms with E-state index in [4.69, 9.17) is 28.4 Å². The molecule has 1 saturated heterocycles. The molecule has 6 fully saturated rings. The summed E-state index contributed by atoms with van der Waals surface area (Å²) in [6.45, 7) is 7.22. The average Bonchev–Trinajstić information content (AvgIpc) is 3.44. The van der Waals surface area contributed by atoms with E-state index in [0.29, 0.717) is 31.4 Å². The zero-order chi connectivity index (χ0) is 31.9. The molecule has 13 atom stereocenters. The van der Waals surface area contributed by atoms with Gasteiger partial charge in [0.1, 0.15) is 17.8 Å². The predicted octanol–water partition coefficient (Wildman–Crippen LogP) is 3.51. The van der Waals surface area contributed by atoms with Crippen LogP contribution in [0.15, 0.2) is 30.3 Å². The van der Waals surface area contributed by atoms with Crippen molar-refractivity contribution in [2.45, 2.75) is 82.5 Å². The molecule has 1 aromatic carbocycles. The third-order valence-electron chi connectivity index (χ3n) is 12.9. The van der Waals surface area contributed by atoms with Gasteiger partial charge in [0, 0.05) is 88.7 Å². The molecular formula is C35H47NO9. The lowest BCUT2D eigenvalue weighted by atomic mass is 9.43. The zero-order valence-electron chi connectivity index (χ0n) is 27.2. The summed E-state index contributed by atoms with van der Waals surface area (Å²) < 4.78 is 38.4. The number of likely N-dealkylation sites (tertiary alicyclic amines) is 1. The van der Waals surface area contributed by atoms with E-state index in [1.54, 1.807) is 33.5 Å². The van der Waals surface area contributed by atoms with E-state index in [9.17, 15) is 14.4 Å². The van der Waals surface area contributed by atoms with E-state index in [2.05, 4.69) is 11.8 Å². The molecule has 1 aliphatic heterocycles. The molecule has 10 heteroatoms. The molecule has 1 spiro atoms. The Kier molecular flexibility index (Phi) is 7.62. The van der Waals surface area contributed by atoms with Crippen molar-refractivity contribution in [3.63, 3.8) is 0 Å². The number of carbonyl (C=O) groups is 3. The molecular weight excluding hydrogens is 578 g/mol. The maximum Gasteiger partial charge on any atom is 0.338 e. The fourth-order valence-corrected chi connectivity index (χ4v) is 12.3. The van der Waals surface area contributed by atoms with Crippen molar-refractivity contribution in [2.24, 2.45) is 40.4 Å². The van der Waals surface area contributed by atoms with Crippen molar-refractivity contribution < 1.29 is 42.8 Å². The number of fused-ring (bicyclic) bond motifs is 2. The molecule has 45 heavy (non-hydrogen) atoms. The Labute approximate surface area is 265 Å². The quantitative estimate of drug-likeness (QED) is 0.299. The van der Waals surface area contributed by atoms with Crippen LogP contribution in [0.1, 0.15) is 56.8 Å². The molecule has 5 saturated carbocycles. The Hall–Kier alpha value is -2.53. The Morgan fingerprint density at radius 3 is 2.33 bits per heavy atom. The molecule has 6 aliphatic rings. The second kappa shape index (κ2) is 11.0. The fraction of sp³-hybridized carbons (Fsp3) is 0.743. The maximum absolute atomic E-state index is 13.9. The molecule has 0 aromatic heterocycles. The first-order valence-corrected chi connectivity index (χ1v) is 16.5. The topological polar surface area (TPSA) is 110 Å². The van der Waals surface area contributed by atoms with Crippen molar-refractivity contribution in [1.82, 2.24) is 4.90 Å². The molecule has 1 unspecified atom stereocenters. The third-order valence-corrected chi connectivity index (χ3v) is 12.9. The molecule has 1 heterocycles. The normalized spacial score (nSPS) is 45.6. The minimum Gasteiger partial charge on any atom is -0.462 e. The molecule has 0 amide bonds. The van der Waals surface area contributed by atoms with Gasteiger partial charge in [-0.15, -0.1) is 0 Å². The van der Waals surface area contributed by atoms with Gasteiger partial charge in [-0.1, -0.05) is 25.1 Å². The number of nitrogens with zero attached hydrogens (tertiary/aromatic N) is 1. The summed E-state index contributed by atoms with van der Waals surface area (Å²) in [5, 5.41) is 0. The van der Waals surface area contributed by atoms with Crippen LogP contribution in [0, 0.1) is 40.4 Å². The van der Waals surface area contributed by atoms with Gasteiger partial charge < -0.3 is 28.4 Å². The Morgan fingerprint density at radius 2 is 1.71 bits per heavy atom. The van der Waals surface area contributed by atoms with Gasteiger partial charge in [0.05, 0.1) is 24.4 Å². The number of piperidine rings is 1. The van der Waals surface area contributed by atoms with Crippen LogP contribution in [-0.4, -0.2) is 99.9 Å². The van der Waals surface area contributed by atoms with Crippen LogP contribution in [0.4, 0.5) is 0 Å². The van der Waals surface area contributed by atoms with Gasteiger partial charge >= 0.3 is 17.9 Å². The van der Waals surface area contributed by atoms with Crippen LogP contribution in [0.3, 0.4) is 0 Å². The molecule has 7 bridgehead atoms. The minimum atomic E-state index is -0.997. The standard InChI is InChI=1S/C35H47NO9/c1-7-36-17-33(18-40-4)14-13-25(44-32(39)21-11-9-8-10-12-21)35-23-15-22-24(41-5)16-34(45-20(3)38,26(23)28(22)43-19(2)37)27(31(35)36)29(42-6)30(33)35/h8-12,22-31H,7,13-18H2,1-6H3/t22-,23-,24+,25+,26-,27+,28+,29+,30-,31?,33+,34-,35+/m1/s1. The summed E-state index contributed by atoms with van der Waals surface area (Å²) in [7, 11) is 5.21. The lowest BCUT2D eigenvalue weighted by Crippen LogP contribution is -2.77. The average molecular weight is 626 g/mol. The highest BCUT2D eigenvalue weighted by atomic mass is 16.6. The molecule has 0 N–H and O–H groups in total. The first-order valence-electron chi connectivity index (χ1n) is 16.5. The van der Waals surface area contributed by atoms with Crippen molar-refractivity contribution in [3.05, 3.63) is 35.9 Å². The largest absolute Gasteiger partial charge is 0.462 e. The monoisotopic (exact) mass is 625 g/mol. The maximum atomic E-state index is 13.9. The minimum absolute atomic E-state index is 0.0316. The van der Waals surface area contributed by atoms with Crippen LogP contribution >= 0.6 is 0 Å². The first-order chi connectivity index (χ1) is 21.6. The number of carbonyl (C=O) groups excluding carboxylic acids is 3. The summed E-state index contributed by atoms with van der Waals surface area (Å²) in [4.78, 5) is 42.3. The summed E-state index contributed by atoms with van der Waals surface area (Å²) in [5.74, 6) is -1.82. The zero-order valence-corrected chi connectivity index (χ0v) is 27.2. The highest BCUT2D eigenvalue weighted by Crippen LogP contribution is 2.80. The number of methoxy groups -OCH3 is 3. The SMILES string of the molecule is CCN1C[C@]2(COC)CC[C@H](OC(=O)c3ccccc3)[C@]34C1[C@H]([C@H](OC)[C@H]23)[C@@]1(OC(C)=O)C[C@H](OC)[C@H]2C[C@@H]4[C@@H]1[C@H]2OC(C)=O. The summed E-state index contributed by atoms with van der Waals surface area (Å²) in [5.41, 5.74) is -1.29. The van der Waals surface area contributed by atoms with Gasteiger partial charge in [0.15, 0.2) is 0 Å². The van der Waals surface area contributed by atoms with Crippen molar-refractivity contribution >= 4 is 17.9 Å². The van der Waals surface area contributed by atoms with E-state index >= 15 is 0 Å². The highest BCUT2D eigenvalue weighted by Gasteiger charge is 2.88. The molecule has 246 valence electrons. The third kappa shape index (κ3) is 4.04. The molecule has 7 rings (SSSR count).